The largest absolute Gasteiger partial charge is 0.358 e. The van der Waals surface area contributed by atoms with Crippen molar-refractivity contribution in [2.24, 2.45) is 29.6 Å². The molecule has 50 heavy (non-hydrogen) atoms. The number of likely N-dealkylation sites (tertiary alicyclic amines) is 1. The van der Waals surface area contributed by atoms with Gasteiger partial charge >= 0.3 is 0 Å². The maximum absolute atomic E-state index is 2.79. The van der Waals surface area contributed by atoms with E-state index in [1.54, 1.807) is 11.1 Å². The number of hydrogen-bond acceptors (Lipinski definition) is 2. The number of benzene rings is 2. The van der Waals surface area contributed by atoms with E-state index in [-0.39, 0.29) is 0 Å². The van der Waals surface area contributed by atoms with Crippen molar-refractivity contribution in [2.75, 3.05) is 4.90 Å². The first-order chi connectivity index (χ1) is 24.8. The fourth-order valence-corrected chi connectivity index (χ4v) is 10.7. The van der Waals surface area contributed by atoms with Crippen LogP contribution in [0.1, 0.15) is 62.5 Å². The molecule has 8 atom stereocenters. The SMILES string of the molecule is C1=CCC(C2C=CC=C(N3c4ccccc4C4=CC(C5=CC6C7CCC=CC7N(C7=CCCC(c8ccccc8)=C7)C6C=C5)CCC43)C2)C=C1. The molecule has 0 radical (unpaired) electrons. The summed E-state index contributed by atoms with van der Waals surface area (Å²) in [5.41, 5.74) is 11.7. The molecule has 2 heteroatoms. The highest BCUT2D eigenvalue weighted by molar-refractivity contribution is 5.90. The molecule has 10 rings (SSSR count). The van der Waals surface area contributed by atoms with Crippen LogP contribution in [0.5, 0.6) is 0 Å². The zero-order valence-corrected chi connectivity index (χ0v) is 29.0. The fourth-order valence-electron chi connectivity index (χ4n) is 10.7. The van der Waals surface area contributed by atoms with Gasteiger partial charge in [-0.2, -0.15) is 0 Å². The Hall–Kier alpha value is -4.56. The topological polar surface area (TPSA) is 6.48 Å². The molecule has 8 unspecified atom stereocenters. The molecule has 1 saturated heterocycles. The molecule has 2 heterocycles. The second kappa shape index (κ2) is 12.6. The van der Waals surface area contributed by atoms with E-state index >= 15 is 0 Å². The maximum Gasteiger partial charge on any atom is 0.0592 e. The molecule has 2 nitrogen and oxygen atoms in total. The Labute approximate surface area is 298 Å². The van der Waals surface area contributed by atoms with E-state index in [0.29, 0.717) is 47.7 Å². The average molecular weight is 653 g/mol. The van der Waals surface area contributed by atoms with Gasteiger partial charge in [0.1, 0.15) is 0 Å². The van der Waals surface area contributed by atoms with E-state index in [0.717, 1.165) is 25.7 Å². The maximum atomic E-state index is 2.79. The molecule has 6 aliphatic carbocycles. The van der Waals surface area contributed by atoms with Crippen LogP contribution in [0, 0.1) is 29.6 Å². The Bertz CT molecular complexity index is 1970. The van der Waals surface area contributed by atoms with Crippen LogP contribution in [0.2, 0.25) is 0 Å². The molecular weight excluding hydrogens is 605 g/mol. The quantitative estimate of drug-likeness (QED) is 0.297. The van der Waals surface area contributed by atoms with Gasteiger partial charge in [-0.25, -0.2) is 0 Å². The number of anilines is 1. The van der Waals surface area contributed by atoms with E-state index in [4.69, 9.17) is 0 Å². The minimum Gasteiger partial charge on any atom is -0.358 e. The lowest BCUT2D eigenvalue weighted by Gasteiger charge is -2.37. The summed E-state index contributed by atoms with van der Waals surface area (Å²) >= 11 is 0. The van der Waals surface area contributed by atoms with Crippen molar-refractivity contribution in [2.45, 2.75) is 69.5 Å². The van der Waals surface area contributed by atoms with Gasteiger partial charge in [-0.1, -0.05) is 128 Å². The highest BCUT2D eigenvalue weighted by Gasteiger charge is 2.48. The van der Waals surface area contributed by atoms with Crippen LogP contribution in [0.25, 0.3) is 11.1 Å². The van der Waals surface area contributed by atoms with Crippen molar-refractivity contribution in [3.05, 3.63) is 174 Å². The summed E-state index contributed by atoms with van der Waals surface area (Å²) in [5, 5.41) is 0. The van der Waals surface area contributed by atoms with Crippen LogP contribution in [-0.2, 0) is 0 Å². The Morgan fingerprint density at radius 3 is 2.54 bits per heavy atom. The van der Waals surface area contributed by atoms with E-state index in [9.17, 15) is 0 Å². The molecule has 0 saturated carbocycles. The number of fused-ring (bicyclic) bond motifs is 6. The van der Waals surface area contributed by atoms with Crippen molar-refractivity contribution in [3.63, 3.8) is 0 Å². The molecule has 8 aliphatic rings. The van der Waals surface area contributed by atoms with Crippen LogP contribution in [0.15, 0.2) is 163 Å². The third-order valence-electron chi connectivity index (χ3n) is 13.0. The molecule has 0 N–H and O–H groups in total. The molecule has 1 fully saturated rings. The Kier molecular flexibility index (Phi) is 7.66. The van der Waals surface area contributed by atoms with E-state index in [1.807, 2.05) is 0 Å². The van der Waals surface area contributed by atoms with Crippen LogP contribution < -0.4 is 4.90 Å². The van der Waals surface area contributed by atoms with Crippen molar-refractivity contribution in [1.82, 2.24) is 4.90 Å². The van der Waals surface area contributed by atoms with Crippen LogP contribution in [-0.4, -0.2) is 23.0 Å². The first-order valence-electron chi connectivity index (χ1n) is 19.4. The lowest BCUT2D eigenvalue weighted by Crippen LogP contribution is -2.36. The number of nitrogens with zero attached hydrogens (tertiary/aromatic N) is 2. The number of hydrogen-bond donors (Lipinski definition) is 0. The number of allylic oxidation sites excluding steroid dienone is 15. The monoisotopic (exact) mass is 652 g/mol. The zero-order chi connectivity index (χ0) is 33.0. The highest BCUT2D eigenvalue weighted by Crippen LogP contribution is 2.52. The van der Waals surface area contributed by atoms with Crippen LogP contribution in [0.4, 0.5) is 5.69 Å². The molecule has 0 spiro atoms. The van der Waals surface area contributed by atoms with Gasteiger partial charge in [-0.15, -0.1) is 0 Å². The van der Waals surface area contributed by atoms with Crippen LogP contribution in [0.3, 0.4) is 0 Å². The van der Waals surface area contributed by atoms with Gasteiger partial charge in [0, 0.05) is 34.5 Å². The van der Waals surface area contributed by atoms with E-state index < -0.39 is 0 Å². The zero-order valence-electron chi connectivity index (χ0n) is 29.0. The summed E-state index contributed by atoms with van der Waals surface area (Å²) in [5.74, 6) is 2.86. The number of para-hydroxylation sites is 1. The molecule has 0 bridgehead atoms. The third kappa shape index (κ3) is 5.13. The highest BCUT2D eigenvalue weighted by atomic mass is 15.2. The minimum atomic E-state index is 0.426. The summed E-state index contributed by atoms with van der Waals surface area (Å²) in [6, 6.07) is 21.6. The average Bonchev–Trinajstić information content (AvgIpc) is 3.71. The van der Waals surface area contributed by atoms with Crippen molar-refractivity contribution in [3.8, 4) is 0 Å². The van der Waals surface area contributed by atoms with Crippen molar-refractivity contribution < 1.29 is 0 Å². The van der Waals surface area contributed by atoms with Crippen molar-refractivity contribution >= 4 is 16.8 Å². The van der Waals surface area contributed by atoms with Gasteiger partial charge in [0.05, 0.1) is 18.1 Å². The van der Waals surface area contributed by atoms with Crippen LogP contribution >= 0.6 is 0 Å². The second-order valence-electron chi connectivity index (χ2n) is 15.7. The summed E-state index contributed by atoms with van der Waals surface area (Å²) in [7, 11) is 0. The van der Waals surface area contributed by atoms with E-state index in [1.165, 1.54) is 59.5 Å². The van der Waals surface area contributed by atoms with Gasteiger partial charge in [-0.3, -0.25) is 0 Å². The molecular formula is C48H48N2. The normalized spacial score (nSPS) is 33.5. The fraction of sp³-hybridized carbons (Fsp3) is 0.333. The lowest BCUT2D eigenvalue weighted by atomic mass is 9.74. The second-order valence-corrected chi connectivity index (χ2v) is 15.7. The van der Waals surface area contributed by atoms with Gasteiger partial charge in [0.2, 0.25) is 0 Å². The Morgan fingerprint density at radius 1 is 0.720 bits per heavy atom. The predicted molar refractivity (Wildman–Crippen MR) is 209 cm³/mol. The molecule has 0 aromatic heterocycles. The molecule has 250 valence electrons. The summed E-state index contributed by atoms with van der Waals surface area (Å²) in [4.78, 5) is 5.51. The summed E-state index contributed by atoms with van der Waals surface area (Å²) in [6.07, 6.45) is 46.3. The third-order valence-corrected chi connectivity index (χ3v) is 13.0. The summed E-state index contributed by atoms with van der Waals surface area (Å²) in [6.45, 7) is 0. The van der Waals surface area contributed by atoms with Crippen molar-refractivity contribution in [1.29, 1.82) is 0 Å². The van der Waals surface area contributed by atoms with Gasteiger partial charge < -0.3 is 9.80 Å². The standard InChI is InChI=1S/C48H48N2/c1-3-13-33(14-4-1)35-17-11-19-39(29-35)49-45-23-9-7-21-41(45)43-31-37(25-27-47(43)49)38-26-28-48-44(32-38)42-22-8-10-24-46(42)50(48)40-20-12-18-36(30-40)34-15-5-2-6-16-34/h1-7,9-11,13,15-17,19-21,23-24,26,28,30-33,35,37,42,44,46-48H,8,12,14,18,22,25,27,29H2. The molecule has 2 aromatic carbocycles. The van der Waals surface area contributed by atoms with Gasteiger partial charge in [0.25, 0.3) is 0 Å². The van der Waals surface area contributed by atoms with Gasteiger partial charge in [-0.05, 0) is 110 Å². The Morgan fingerprint density at radius 2 is 1.62 bits per heavy atom. The first-order valence-corrected chi connectivity index (χ1v) is 19.4. The predicted octanol–water partition coefficient (Wildman–Crippen LogP) is 11.2. The smallest absolute Gasteiger partial charge is 0.0592 e. The van der Waals surface area contributed by atoms with E-state index in [2.05, 4.69) is 156 Å². The minimum absolute atomic E-state index is 0.426. The summed E-state index contributed by atoms with van der Waals surface area (Å²) < 4.78 is 0. The molecule has 2 aliphatic heterocycles. The Balaban J connectivity index is 0.935. The lowest BCUT2D eigenvalue weighted by molar-refractivity contribution is 0.295. The molecule has 2 aromatic rings. The number of rotatable bonds is 5. The van der Waals surface area contributed by atoms with Gasteiger partial charge in [0.15, 0.2) is 0 Å². The first kappa shape index (κ1) is 30.3. The molecule has 0 amide bonds.